The normalized spacial score (nSPS) is 14.7. The number of hydrogen-bond acceptors (Lipinski definition) is 4. The maximum Gasteiger partial charge on any atom is 0.267 e. The number of anilines is 1. The first-order valence-electron chi connectivity index (χ1n) is 5.51. The molecule has 0 saturated heterocycles. The van der Waals surface area contributed by atoms with Crippen LogP contribution in [-0.2, 0) is 0 Å². The Bertz CT molecular complexity index is 429. The smallest absolute Gasteiger partial charge is 0.267 e. The van der Waals surface area contributed by atoms with E-state index < -0.39 is 5.60 Å². The molecule has 1 aromatic heterocycles. The molecule has 0 radical (unpaired) electrons. The van der Waals surface area contributed by atoms with E-state index in [0.717, 1.165) is 0 Å². The average molecular weight is 304 g/mol. The largest absolute Gasteiger partial charge is 0.388 e. The van der Waals surface area contributed by atoms with Gasteiger partial charge < -0.3 is 15.4 Å². The molecule has 0 bridgehead atoms. The third kappa shape index (κ3) is 4.47. The van der Waals surface area contributed by atoms with Gasteiger partial charge >= 0.3 is 0 Å². The van der Waals surface area contributed by atoms with Crippen LogP contribution in [0.25, 0.3) is 0 Å². The Balaban J connectivity index is 2.67. The second-order valence-electron chi connectivity index (χ2n) is 4.84. The fourth-order valence-electron chi connectivity index (χ4n) is 1.73. The van der Waals surface area contributed by atoms with Crippen molar-refractivity contribution < 1.29 is 5.11 Å². The Morgan fingerprint density at radius 1 is 1.65 bits per heavy atom. The van der Waals surface area contributed by atoms with Crippen molar-refractivity contribution in [2.45, 2.75) is 32.8 Å². The van der Waals surface area contributed by atoms with Gasteiger partial charge in [-0.25, -0.2) is 4.98 Å². The Hall–Kier alpha value is -0.880. The zero-order valence-electron chi connectivity index (χ0n) is 10.2. The third-order valence-electron chi connectivity index (χ3n) is 2.28. The van der Waals surface area contributed by atoms with Gasteiger partial charge in [0.2, 0.25) is 0 Å². The van der Waals surface area contributed by atoms with Crippen LogP contribution in [0.3, 0.4) is 0 Å². The minimum atomic E-state index is -0.822. The molecule has 0 amide bonds. The predicted molar refractivity (Wildman–Crippen MR) is 71.1 cm³/mol. The van der Waals surface area contributed by atoms with E-state index in [-0.39, 0.29) is 5.56 Å². The molecule has 0 saturated carbocycles. The van der Waals surface area contributed by atoms with Crippen molar-refractivity contribution in [2.75, 3.05) is 11.9 Å². The number of rotatable bonds is 5. The molecule has 1 aromatic rings. The highest BCUT2D eigenvalue weighted by atomic mass is 79.9. The zero-order chi connectivity index (χ0) is 13.1. The summed E-state index contributed by atoms with van der Waals surface area (Å²) in [6, 6.07) is 0. The molecule has 0 aliphatic rings. The molecule has 0 spiro atoms. The molecular weight excluding hydrogens is 286 g/mol. The highest BCUT2D eigenvalue weighted by Crippen LogP contribution is 2.19. The first kappa shape index (κ1) is 14.2. The van der Waals surface area contributed by atoms with Crippen molar-refractivity contribution in [3.8, 4) is 0 Å². The number of nitrogens with one attached hydrogen (secondary N) is 2. The van der Waals surface area contributed by atoms with E-state index >= 15 is 0 Å². The van der Waals surface area contributed by atoms with Crippen LogP contribution in [-0.4, -0.2) is 27.2 Å². The molecule has 1 heterocycles. The van der Waals surface area contributed by atoms with Gasteiger partial charge in [-0.15, -0.1) is 0 Å². The van der Waals surface area contributed by atoms with Crippen LogP contribution in [0.2, 0.25) is 0 Å². The van der Waals surface area contributed by atoms with E-state index in [4.69, 9.17) is 0 Å². The summed E-state index contributed by atoms with van der Waals surface area (Å²) in [5, 5.41) is 13.1. The van der Waals surface area contributed by atoms with E-state index in [1.54, 1.807) is 6.92 Å². The second-order valence-corrected chi connectivity index (χ2v) is 5.64. The van der Waals surface area contributed by atoms with Crippen molar-refractivity contribution in [3.63, 3.8) is 0 Å². The lowest BCUT2D eigenvalue weighted by Crippen LogP contribution is -2.35. The molecule has 1 unspecified atom stereocenters. The topological polar surface area (TPSA) is 78.0 Å². The molecule has 17 heavy (non-hydrogen) atoms. The van der Waals surface area contributed by atoms with Crippen LogP contribution in [0.4, 0.5) is 5.82 Å². The van der Waals surface area contributed by atoms with Gasteiger partial charge in [0.1, 0.15) is 10.3 Å². The van der Waals surface area contributed by atoms with Crippen LogP contribution in [0.15, 0.2) is 15.6 Å². The maximum absolute atomic E-state index is 11.3. The molecule has 0 fully saturated rings. The van der Waals surface area contributed by atoms with E-state index in [1.165, 1.54) is 6.33 Å². The molecule has 1 atom stereocenters. The molecule has 1 rings (SSSR count). The minimum Gasteiger partial charge on any atom is -0.388 e. The van der Waals surface area contributed by atoms with Crippen molar-refractivity contribution >= 4 is 21.7 Å². The Kier molecular flexibility index (Phi) is 4.70. The quantitative estimate of drug-likeness (QED) is 0.774. The Morgan fingerprint density at radius 3 is 2.88 bits per heavy atom. The number of hydrogen-bond donors (Lipinski definition) is 3. The summed E-state index contributed by atoms with van der Waals surface area (Å²) >= 11 is 3.15. The lowest BCUT2D eigenvalue weighted by Gasteiger charge is -2.25. The minimum absolute atomic E-state index is 0.244. The van der Waals surface area contributed by atoms with E-state index in [0.29, 0.717) is 29.2 Å². The molecule has 0 aromatic carbocycles. The molecule has 3 N–H and O–H groups in total. The number of aromatic nitrogens is 2. The Labute approximate surface area is 109 Å². The molecular formula is C11H18BrN3O2. The van der Waals surface area contributed by atoms with Gasteiger partial charge in [0.25, 0.3) is 5.56 Å². The summed E-state index contributed by atoms with van der Waals surface area (Å²) in [5.74, 6) is 0.847. The number of halogens is 1. The number of H-pyrrole nitrogens is 1. The highest BCUT2D eigenvalue weighted by Gasteiger charge is 2.22. The van der Waals surface area contributed by atoms with Crippen molar-refractivity contribution in [1.29, 1.82) is 0 Å². The summed E-state index contributed by atoms with van der Waals surface area (Å²) in [4.78, 5) is 17.7. The molecule has 0 aliphatic heterocycles. The van der Waals surface area contributed by atoms with Gasteiger partial charge in [-0.05, 0) is 35.2 Å². The van der Waals surface area contributed by atoms with Gasteiger partial charge in [-0.2, -0.15) is 0 Å². The lowest BCUT2D eigenvalue weighted by atomic mass is 9.94. The van der Waals surface area contributed by atoms with Crippen LogP contribution in [0.5, 0.6) is 0 Å². The van der Waals surface area contributed by atoms with Crippen LogP contribution in [0, 0.1) is 5.92 Å². The van der Waals surface area contributed by atoms with Gasteiger partial charge in [0, 0.05) is 6.54 Å². The van der Waals surface area contributed by atoms with E-state index in [2.05, 4.69) is 45.1 Å². The molecule has 96 valence electrons. The van der Waals surface area contributed by atoms with Crippen LogP contribution < -0.4 is 10.9 Å². The van der Waals surface area contributed by atoms with Crippen molar-refractivity contribution in [1.82, 2.24) is 9.97 Å². The number of aliphatic hydroxyl groups is 1. The summed E-state index contributed by atoms with van der Waals surface area (Å²) in [6.45, 7) is 6.22. The molecule has 5 nitrogen and oxygen atoms in total. The van der Waals surface area contributed by atoms with Crippen molar-refractivity contribution in [3.05, 3.63) is 21.2 Å². The first-order valence-corrected chi connectivity index (χ1v) is 6.30. The Morgan fingerprint density at radius 2 is 2.29 bits per heavy atom. The number of nitrogens with zero attached hydrogens (tertiary/aromatic N) is 1. The highest BCUT2D eigenvalue weighted by molar-refractivity contribution is 9.10. The summed E-state index contributed by atoms with van der Waals surface area (Å²) in [7, 11) is 0. The predicted octanol–water partition coefficient (Wildman–Crippen LogP) is 1.74. The standard InChI is InChI=1S/C11H18BrN3O2/c1-7(2)4-11(3,17)5-13-9-8(12)10(16)15-6-14-9/h6-7,17H,4-5H2,1-3H3,(H2,13,14,15,16). The van der Waals surface area contributed by atoms with Gasteiger partial charge in [0.15, 0.2) is 0 Å². The van der Waals surface area contributed by atoms with E-state index in [9.17, 15) is 9.90 Å². The van der Waals surface area contributed by atoms with Crippen LogP contribution >= 0.6 is 15.9 Å². The fraction of sp³-hybridized carbons (Fsp3) is 0.636. The molecule has 0 aliphatic carbocycles. The SMILES string of the molecule is CC(C)CC(C)(O)CNc1nc[nH]c(=O)c1Br. The molecule has 6 heteroatoms. The summed E-state index contributed by atoms with van der Waals surface area (Å²) < 4.78 is 0.348. The second kappa shape index (κ2) is 5.64. The summed E-state index contributed by atoms with van der Waals surface area (Å²) in [6.07, 6.45) is 2.01. The zero-order valence-corrected chi connectivity index (χ0v) is 11.8. The fourth-order valence-corrected chi connectivity index (χ4v) is 2.09. The third-order valence-corrected chi connectivity index (χ3v) is 3.02. The summed E-state index contributed by atoms with van der Waals surface area (Å²) in [5.41, 5.74) is -1.07. The van der Waals surface area contributed by atoms with Gasteiger partial charge in [0.05, 0.1) is 11.9 Å². The van der Waals surface area contributed by atoms with E-state index in [1.807, 2.05) is 0 Å². The number of aromatic amines is 1. The van der Waals surface area contributed by atoms with Gasteiger partial charge in [-0.3, -0.25) is 4.79 Å². The first-order chi connectivity index (χ1) is 7.82. The van der Waals surface area contributed by atoms with Crippen LogP contribution in [0.1, 0.15) is 27.2 Å². The lowest BCUT2D eigenvalue weighted by molar-refractivity contribution is 0.0514. The average Bonchev–Trinajstić information content (AvgIpc) is 2.18. The van der Waals surface area contributed by atoms with Gasteiger partial charge in [-0.1, -0.05) is 13.8 Å². The monoisotopic (exact) mass is 303 g/mol. The van der Waals surface area contributed by atoms with Crippen molar-refractivity contribution in [2.24, 2.45) is 5.92 Å². The maximum atomic E-state index is 11.3.